The van der Waals surface area contributed by atoms with E-state index in [-0.39, 0.29) is 10.8 Å². The van der Waals surface area contributed by atoms with E-state index in [1.165, 1.54) is 16.7 Å². The summed E-state index contributed by atoms with van der Waals surface area (Å²) in [7, 11) is 0. The lowest BCUT2D eigenvalue weighted by atomic mass is 9.71. The Morgan fingerprint density at radius 2 is 1.38 bits per heavy atom. The number of allylic oxidation sites excluding steroid dienone is 1. The average molecular weight is 216 g/mol. The molecule has 0 aromatic heterocycles. The van der Waals surface area contributed by atoms with Crippen LogP contribution >= 0.6 is 0 Å². The number of rotatable bonds is 2. The lowest BCUT2D eigenvalue weighted by molar-refractivity contribution is 0.545. The van der Waals surface area contributed by atoms with E-state index in [9.17, 15) is 0 Å². The van der Waals surface area contributed by atoms with Crippen LogP contribution in [0.1, 0.15) is 52.7 Å². The smallest absolute Gasteiger partial charge is 0.0103 e. The van der Waals surface area contributed by atoms with E-state index in [1.54, 1.807) is 0 Å². The molecule has 0 aliphatic carbocycles. The van der Waals surface area contributed by atoms with E-state index in [0.29, 0.717) is 0 Å². The molecule has 0 unspecified atom stereocenters. The second-order valence-corrected chi connectivity index (χ2v) is 6.20. The summed E-state index contributed by atoms with van der Waals surface area (Å²) >= 11 is 0. The largest absolute Gasteiger partial charge is 0.0993 e. The van der Waals surface area contributed by atoms with Crippen LogP contribution in [0, 0.1) is 0 Å². The Morgan fingerprint density at radius 1 is 0.938 bits per heavy atom. The number of benzene rings is 1. The Labute approximate surface area is 100 Å². The van der Waals surface area contributed by atoms with Crippen molar-refractivity contribution in [3.05, 3.63) is 47.5 Å². The highest BCUT2D eigenvalue weighted by atomic mass is 14.3. The molecule has 1 rings (SSSR count). The van der Waals surface area contributed by atoms with Crippen LogP contribution in [0.15, 0.2) is 36.4 Å². The Bertz CT molecular complexity index is 389. The summed E-state index contributed by atoms with van der Waals surface area (Å²) in [6.07, 6.45) is 0. The van der Waals surface area contributed by atoms with Gasteiger partial charge in [-0.2, -0.15) is 0 Å². The molecule has 0 atom stereocenters. The number of hydrogen-bond acceptors (Lipinski definition) is 0. The van der Waals surface area contributed by atoms with Gasteiger partial charge in [0.25, 0.3) is 0 Å². The van der Waals surface area contributed by atoms with Crippen LogP contribution in [0.2, 0.25) is 0 Å². The van der Waals surface area contributed by atoms with Crippen LogP contribution in [-0.4, -0.2) is 0 Å². The van der Waals surface area contributed by atoms with Crippen LogP contribution < -0.4 is 0 Å². The fraction of sp³-hybridized carbons (Fsp3) is 0.500. The zero-order valence-electron chi connectivity index (χ0n) is 11.5. The summed E-state index contributed by atoms with van der Waals surface area (Å²) in [5, 5.41) is 0. The molecule has 1 aromatic carbocycles. The van der Waals surface area contributed by atoms with Crippen molar-refractivity contribution in [2.24, 2.45) is 0 Å². The minimum atomic E-state index is 0.0455. The molecular weight excluding hydrogens is 192 g/mol. The van der Waals surface area contributed by atoms with E-state index in [1.807, 2.05) is 0 Å². The number of hydrogen-bond donors (Lipinski definition) is 0. The predicted molar refractivity (Wildman–Crippen MR) is 73.0 cm³/mol. The van der Waals surface area contributed by atoms with Gasteiger partial charge in [-0.3, -0.25) is 0 Å². The second-order valence-electron chi connectivity index (χ2n) is 6.20. The van der Waals surface area contributed by atoms with Crippen LogP contribution in [0.3, 0.4) is 0 Å². The molecule has 0 radical (unpaired) electrons. The van der Waals surface area contributed by atoms with Crippen molar-refractivity contribution >= 4 is 0 Å². The molecule has 0 heteroatoms. The maximum absolute atomic E-state index is 4.13. The highest BCUT2D eigenvalue weighted by molar-refractivity contribution is 5.42. The van der Waals surface area contributed by atoms with Crippen molar-refractivity contribution in [2.45, 2.75) is 52.4 Å². The third-order valence-electron chi connectivity index (χ3n) is 3.48. The van der Waals surface area contributed by atoms with Crippen molar-refractivity contribution in [2.75, 3.05) is 0 Å². The van der Waals surface area contributed by atoms with Gasteiger partial charge in [-0.15, -0.1) is 0 Å². The molecule has 0 bridgehead atoms. The first-order valence-corrected chi connectivity index (χ1v) is 5.93. The maximum atomic E-state index is 4.13. The van der Waals surface area contributed by atoms with Crippen molar-refractivity contribution < 1.29 is 0 Å². The molecule has 0 fully saturated rings. The molecule has 1 aromatic rings. The third-order valence-corrected chi connectivity index (χ3v) is 3.48. The van der Waals surface area contributed by atoms with Gasteiger partial charge in [0.1, 0.15) is 0 Å². The lowest BCUT2D eigenvalue weighted by Gasteiger charge is -2.33. The van der Waals surface area contributed by atoms with Gasteiger partial charge in [0, 0.05) is 5.41 Å². The topological polar surface area (TPSA) is 0 Å². The monoisotopic (exact) mass is 216 g/mol. The SMILES string of the molecule is C=C(C)C(C)(C)c1ccccc1C(C)(C)C. The maximum Gasteiger partial charge on any atom is 0.0103 e. The van der Waals surface area contributed by atoms with Crippen molar-refractivity contribution in [1.82, 2.24) is 0 Å². The lowest BCUT2D eigenvalue weighted by Crippen LogP contribution is -2.25. The summed E-state index contributed by atoms with van der Waals surface area (Å²) in [6, 6.07) is 8.71. The van der Waals surface area contributed by atoms with Crippen molar-refractivity contribution in [3.63, 3.8) is 0 Å². The quantitative estimate of drug-likeness (QED) is 0.621. The summed E-state index contributed by atoms with van der Waals surface area (Å²) in [6.45, 7) is 17.5. The van der Waals surface area contributed by atoms with Crippen LogP contribution in [0.25, 0.3) is 0 Å². The van der Waals surface area contributed by atoms with Gasteiger partial charge >= 0.3 is 0 Å². The van der Waals surface area contributed by atoms with Crippen LogP contribution in [0.4, 0.5) is 0 Å². The van der Waals surface area contributed by atoms with E-state index < -0.39 is 0 Å². The molecule has 0 nitrogen and oxygen atoms in total. The summed E-state index contributed by atoms with van der Waals surface area (Å²) in [5.41, 5.74) is 4.26. The molecule has 0 amide bonds. The first kappa shape index (κ1) is 13.0. The summed E-state index contributed by atoms with van der Waals surface area (Å²) in [4.78, 5) is 0. The molecule has 0 spiro atoms. The third kappa shape index (κ3) is 2.37. The first-order valence-electron chi connectivity index (χ1n) is 5.93. The van der Waals surface area contributed by atoms with Gasteiger partial charge in [-0.05, 0) is 23.5 Å². The molecule has 16 heavy (non-hydrogen) atoms. The molecular formula is C16H24. The predicted octanol–water partition coefficient (Wildman–Crippen LogP) is 4.84. The van der Waals surface area contributed by atoms with E-state index in [2.05, 4.69) is 72.4 Å². The zero-order valence-corrected chi connectivity index (χ0v) is 11.5. The molecule has 0 aliphatic heterocycles. The van der Waals surface area contributed by atoms with Crippen molar-refractivity contribution in [1.29, 1.82) is 0 Å². The molecule has 0 saturated heterocycles. The highest BCUT2D eigenvalue weighted by Crippen LogP contribution is 2.37. The normalized spacial score (nSPS) is 12.6. The van der Waals surface area contributed by atoms with Gasteiger partial charge in [0.15, 0.2) is 0 Å². The van der Waals surface area contributed by atoms with Crippen LogP contribution in [-0.2, 0) is 10.8 Å². The zero-order chi connectivity index (χ0) is 12.6. The van der Waals surface area contributed by atoms with Crippen molar-refractivity contribution in [3.8, 4) is 0 Å². The highest BCUT2D eigenvalue weighted by Gasteiger charge is 2.28. The van der Waals surface area contributed by atoms with E-state index in [0.717, 1.165) is 0 Å². The molecule has 0 N–H and O–H groups in total. The van der Waals surface area contributed by atoms with Gasteiger partial charge in [0.2, 0.25) is 0 Å². The minimum absolute atomic E-state index is 0.0455. The minimum Gasteiger partial charge on any atom is -0.0993 e. The molecule has 0 heterocycles. The van der Waals surface area contributed by atoms with Gasteiger partial charge in [0.05, 0.1) is 0 Å². The Balaban J connectivity index is 3.41. The summed E-state index contributed by atoms with van der Waals surface area (Å²) in [5.74, 6) is 0. The Kier molecular flexibility index (Phi) is 3.33. The molecule has 0 saturated carbocycles. The van der Waals surface area contributed by atoms with Gasteiger partial charge in [-0.1, -0.05) is 71.0 Å². The fourth-order valence-electron chi connectivity index (χ4n) is 1.91. The van der Waals surface area contributed by atoms with Gasteiger partial charge < -0.3 is 0 Å². The Hall–Kier alpha value is -1.04. The van der Waals surface area contributed by atoms with Gasteiger partial charge in [-0.25, -0.2) is 0 Å². The molecule has 0 aliphatic rings. The van der Waals surface area contributed by atoms with Crippen LogP contribution in [0.5, 0.6) is 0 Å². The second kappa shape index (κ2) is 4.08. The first-order chi connectivity index (χ1) is 7.17. The summed E-state index contributed by atoms with van der Waals surface area (Å²) < 4.78 is 0. The van der Waals surface area contributed by atoms with E-state index in [4.69, 9.17) is 0 Å². The standard InChI is InChI=1S/C16H24/c1-12(2)16(6,7)14-11-9-8-10-13(14)15(3,4)5/h8-11H,1H2,2-7H3. The van der Waals surface area contributed by atoms with E-state index >= 15 is 0 Å². The fourth-order valence-corrected chi connectivity index (χ4v) is 1.91. The average Bonchev–Trinajstić information content (AvgIpc) is 2.16. The Morgan fingerprint density at radius 3 is 1.75 bits per heavy atom. The molecule has 88 valence electrons.